The topological polar surface area (TPSA) is 75.6 Å². The molecular weight excluding hydrogens is 489 g/mol. The molecule has 2 aromatic heterocycles. The number of hydrogen-bond donors (Lipinski definition) is 2. The number of nitrogens with one attached hydrogen (secondary N) is 2. The predicted molar refractivity (Wildman–Crippen MR) is 142 cm³/mol. The summed E-state index contributed by atoms with van der Waals surface area (Å²) in [5, 5.41) is 15.7. The maximum absolute atomic E-state index is 13.5. The van der Waals surface area contributed by atoms with Gasteiger partial charge in [-0.05, 0) is 68.6 Å². The highest BCUT2D eigenvalue weighted by molar-refractivity contribution is 5.82. The molecule has 3 heterocycles. The van der Waals surface area contributed by atoms with Gasteiger partial charge in [-0.1, -0.05) is 42.5 Å². The Kier molecular flexibility index (Phi) is 7.64. The second kappa shape index (κ2) is 11.3. The van der Waals surface area contributed by atoms with Crippen LogP contribution in [0.2, 0.25) is 0 Å². The summed E-state index contributed by atoms with van der Waals surface area (Å²) in [6.45, 7) is 4.38. The molecule has 9 heteroatoms. The Balaban J connectivity index is 1.53. The second-order valence-electron chi connectivity index (χ2n) is 9.46. The fourth-order valence-corrected chi connectivity index (χ4v) is 4.92. The molecule has 38 heavy (non-hydrogen) atoms. The van der Waals surface area contributed by atoms with Gasteiger partial charge >= 0.3 is 6.18 Å². The summed E-state index contributed by atoms with van der Waals surface area (Å²) >= 11 is 0. The normalized spacial score (nSPS) is 14.4. The van der Waals surface area contributed by atoms with Crippen molar-refractivity contribution in [1.82, 2.24) is 25.5 Å². The van der Waals surface area contributed by atoms with E-state index < -0.39 is 11.7 Å². The number of benzene rings is 2. The zero-order valence-electron chi connectivity index (χ0n) is 21.1. The number of aromatic nitrogens is 4. The molecule has 1 aliphatic rings. The largest absolute Gasteiger partial charge is 0.416 e. The lowest BCUT2D eigenvalue weighted by Gasteiger charge is -2.24. The van der Waals surface area contributed by atoms with Crippen LogP contribution in [0, 0.1) is 6.92 Å². The summed E-state index contributed by atoms with van der Waals surface area (Å²) in [6, 6.07) is 17.1. The van der Waals surface area contributed by atoms with Crippen LogP contribution >= 0.6 is 0 Å². The number of piperidine rings is 1. The molecule has 1 aliphatic heterocycles. The minimum atomic E-state index is -4.46. The number of halogens is 3. The van der Waals surface area contributed by atoms with Crippen molar-refractivity contribution < 1.29 is 13.2 Å². The van der Waals surface area contributed by atoms with E-state index in [2.05, 4.69) is 37.9 Å². The van der Waals surface area contributed by atoms with Crippen molar-refractivity contribution in [3.63, 3.8) is 0 Å². The molecule has 1 saturated heterocycles. The highest BCUT2D eigenvalue weighted by Gasteiger charge is 2.31. The summed E-state index contributed by atoms with van der Waals surface area (Å²) in [6.07, 6.45) is -0.146. The summed E-state index contributed by atoms with van der Waals surface area (Å²) in [4.78, 5) is 9.13. The van der Waals surface area contributed by atoms with Gasteiger partial charge in [-0.25, -0.2) is 9.97 Å². The first-order valence-corrected chi connectivity index (χ1v) is 12.8. The summed E-state index contributed by atoms with van der Waals surface area (Å²) in [7, 11) is 0. The fraction of sp³-hybridized carbons (Fsp3) is 0.310. The Labute approximate surface area is 219 Å². The van der Waals surface area contributed by atoms with Crippen LogP contribution in [0.4, 0.5) is 19.1 Å². The first-order valence-electron chi connectivity index (χ1n) is 12.8. The quantitative estimate of drug-likeness (QED) is 0.310. The van der Waals surface area contributed by atoms with Crippen LogP contribution in [0.5, 0.6) is 0 Å². The van der Waals surface area contributed by atoms with Crippen LogP contribution in [-0.4, -0.2) is 39.8 Å². The number of anilines is 1. The van der Waals surface area contributed by atoms with Gasteiger partial charge in [0.1, 0.15) is 5.69 Å². The van der Waals surface area contributed by atoms with Crippen LogP contribution in [0.25, 0.3) is 22.5 Å². The zero-order chi connectivity index (χ0) is 26.5. The van der Waals surface area contributed by atoms with Crippen LogP contribution in [0.15, 0.2) is 66.9 Å². The van der Waals surface area contributed by atoms with E-state index in [4.69, 9.17) is 4.98 Å². The Morgan fingerprint density at radius 2 is 1.76 bits per heavy atom. The average Bonchev–Trinajstić information content (AvgIpc) is 2.94. The minimum Gasteiger partial charge on any atom is -0.354 e. The van der Waals surface area contributed by atoms with E-state index >= 15 is 0 Å². The zero-order valence-corrected chi connectivity index (χ0v) is 21.1. The van der Waals surface area contributed by atoms with Gasteiger partial charge in [0.2, 0.25) is 5.95 Å². The maximum Gasteiger partial charge on any atom is 0.416 e. The Bertz CT molecular complexity index is 1380. The number of nitrogens with zero attached hydrogens (tertiary/aromatic N) is 4. The lowest BCUT2D eigenvalue weighted by molar-refractivity contribution is -0.137. The van der Waals surface area contributed by atoms with E-state index in [0.717, 1.165) is 55.7 Å². The molecule has 0 bridgehead atoms. The van der Waals surface area contributed by atoms with Crippen molar-refractivity contribution in [3.05, 3.63) is 89.2 Å². The van der Waals surface area contributed by atoms with Gasteiger partial charge in [-0.3, -0.25) is 0 Å². The van der Waals surface area contributed by atoms with Crippen LogP contribution in [0.3, 0.4) is 0 Å². The third-order valence-corrected chi connectivity index (χ3v) is 6.89. The van der Waals surface area contributed by atoms with E-state index in [1.165, 1.54) is 11.6 Å². The molecule has 0 aliphatic carbocycles. The lowest BCUT2D eigenvalue weighted by Crippen LogP contribution is -2.27. The van der Waals surface area contributed by atoms with Gasteiger partial charge in [-0.15, -0.1) is 5.10 Å². The van der Waals surface area contributed by atoms with Crippen molar-refractivity contribution in [1.29, 1.82) is 0 Å². The highest BCUT2D eigenvalue weighted by Crippen LogP contribution is 2.38. The predicted octanol–water partition coefficient (Wildman–Crippen LogP) is 6.05. The van der Waals surface area contributed by atoms with Crippen molar-refractivity contribution >= 4 is 5.95 Å². The second-order valence-corrected chi connectivity index (χ2v) is 9.46. The Morgan fingerprint density at radius 1 is 0.974 bits per heavy atom. The molecule has 6 nitrogen and oxygen atoms in total. The molecule has 0 unspecified atom stereocenters. The molecule has 4 aromatic rings. The third kappa shape index (κ3) is 5.83. The highest BCUT2D eigenvalue weighted by atomic mass is 19.4. The van der Waals surface area contributed by atoms with Crippen LogP contribution in [0.1, 0.15) is 41.1 Å². The first-order chi connectivity index (χ1) is 18.4. The minimum absolute atomic E-state index is 0.225. The van der Waals surface area contributed by atoms with Gasteiger partial charge in [0, 0.05) is 29.8 Å². The van der Waals surface area contributed by atoms with Gasteiger partial charge in [0.25, 0.3) is 0 Å². The van der Waals surface area contributed by atoms with E-state index in [0.29, 0.717) is 35.0 Å². The first kappa shape index (κ1) is 25.8. The summed E-state index contributed by atoms with van der Waals surface area (Å²) in [5.41, 5.74) is 4.22. The molecule has 0 spiro atoms. The molecule has 1 fully saturated rings. The number of alkyl halides is 3. The monoisotopic (exact) mass is 518 g/mol. The van der Waals surface area contributed by atoms with E-state index in [9.17, 15) is 13.2 Å². The van der Waals surface area contributed by atoms with E-state index in [1.54, 1.807) is 18.3 Å². The van der Waals surface area contributed by atoms with Gasteiger partial charge in [0.05, 0.1) is 17.0 Å². The van der Waals surface area contributed by atoms with Gasteiger partial charge in [0.15, 0.2) is 0 Å². The summed E-state index contributed by atoms with van der Waals surface area (Å²) in [5.74, 6) is 0.677. The van der Waals surface area contributed by atoms with Crippen molar-refractivity contribution in [3.8, 4) is 22.5 Å². The lowest BCUT2D eigenvalue weighted by atomic mass is 9.88. The van der Waals surface area contributed by atoms with Gasteiger partial charge < -0.3 is 10.6 Å². The van der Waals surface area contributed by atoms with Crippen LogP contribution in [-0.2, 0) is 12.6 Å². The SMILES string of the molecule is Cc1c(C2CCNCC2)nnc(-c2cccc(C(F)(F)F)c2)c1-c1ccnc(NCCc2ccccc2)n1. The molecule has 5 rings (SSSR count). The number of rotatable bonds is 7. The van der Waals surface area contributed by atoms with Crippen molar-refractivity contribution in [2.24, 2.45) is 0 Å². The fourth-order valence-electron chi connectivity index (χ4n) is 4.92. The molecule has 0 radical (unpaired) electrons. The maximum atomic E-state index is 13.5. The van der Waals surface area contributed by atoms with Crippen molar-refractivity contribution in [2.45, 2.75) is 38.3 Å². The van der Waals surface area contributed by atoms with Gasteiger partial charge in [-0.2, -0.15) is 18.3 Å². The number of hydrogen-bond acceptors (Lipinski definition) is 6. The average molecular weight is 519 g/mol. The molecule has 196 valence electrons. The molecule has 0 amide bonds. The Morgan fingerprint density at radius 3 is 2.53 bits per heavy atom. The molecule has 0 saturated carbocycles. The molecule has 0 atom stereocenters. The van der Waals surface area contributed by atoms with E-state index in [-0.39, 0.29) is 5.92 Å². The van der Waals surface area contributed by atoms with Crippen molar-refractivity contribution in [2.75, 3.05) is 25.0 Å². The molecular formula is C29H29F3N6. The summed E-state index contributed by atoms with van der Waals surface area (Å²) < 4.78 is 40.5. The van der Waals surface area contributed by atoms with E-state index in [1.807, 2.05) is 25.1 Å². The smallest absolute Gasteiger partial charge is 0.354 e. The molecule has 2 N–H and O–H groups in total. The standard InChI is InChI=1S/C29H29F3N6/c1-19-25(24-13-17-35-28(36-24)34-16-10-20-6-3-2-4-7-20)27(22-8-5-9-23(18-22)29(30,31)32)38-37-26(19)21-11-14-33-15-12-21/h2-9,13,17-18,21,33H,10-12,14-16H2,1H3,(H,34,35,36). The molecule has 2 aromatic carbocycles. The third-order valence-electron chi connectivity index (χ3n) is 6.89. The van der Waals surface area contributed by atoms with Crippen LogP contribution < -0.4 is 10.6 Å². The Hall–Kier alpha value is -3.85.